The zero-order chi connectivity index (χ0) is 15.1. The molecule has 0 aliphatic carbocycles. The molecule has 1 amide bonds. The Morgan fingerprint density at radius 3 is 2.38 bits per heavy atom. The van der Waals surface area contributed by atoms with Gasteiger partial charge in [0.25, 0.3) is 5.91 Å². The second-order valence-corrected chi connectivity index (χ2v) is 7.07. The Morgan fingerprint density at radius 1 is 1.05 bits per heavy atom. The molecule has 0 aromatic heterocycles. The van der Waals surface area contributed by atoms with Crippen LogP contribution in [0, 0.1) is 0 Å². The highest BCUT2D eigenvalue weighted by atomic mass is 79.9. The van der Waals surface area contributed by atoms with Crippen molar-refractivity contribution in [2.24, 2.45) is 0 Å². The SMILES string of the molecule is O=C1Nc2c(Br)cccc2C1=Cc1cc(Br)c(O)c(Br)c1. The molecule has 0 saturated heterocycles. The molecule has 3 rings (SSSR count). The zero-order valence-electron chi connectivity index (χ0n) is 10.5. The van der Waals surface area contributed by atoms with Gasteiger partial charge in [0.05, 0.1) is 14.6 Å². The molecule has 0 saturated carbocycles. The molecular weight excluding hydrogens is 466 g/mol. The monoisotopic (exact) mass is 471 g/mol. The first kappa shape index (κ1) is 14.8. The van der Waals surface area contributed by atoms with Crippen LogP contribution in [0.15, 0.2) is 43.7 Å². The number of rotatable bonds is 1. The number of phenols is 1. The molecule has 3 nitrogen and oxygen atoms in total. The van der Waals surface area contributed by atoms with E-state index in [9.17, 15) is 9.90 Å². The smallest absolute Gasteiger partial charge is 0.256 e. The third-order valence-electron chi connectivity index (χ3n) is 3.14. The summed E-state index contributed by atoms with van der Waals surface area (Å²) < 4.78 is 1.98. The zero-order valence-corrected chi connectivity index (χ0v) is 15.2. The quantitative estimate of drug-likeness (QED) is 0.561. The van der Waals surface area contributed by atoms with Crippen LogP contribution < -0.4 is 5.32 Å². The molecule has 0 unspecified atom stereocenters. The molecular formula is C15H8Br3NO2. The Balaban J connectivity index is 2.14. The predicted molar refractivity (Wildman–Crippen MR) is 94.1 cm³/mol. The normalized spacial score (nSPS) is 15.2. The fourth-order valence-corrected chi connectivity index (χ4v) is 3.84. The number of para-hydroxylation sites is 1. The number of aromatic hydroxyl groups is 1. The lowest BCUT2D eigenvalue weighted by Gasteiger charge is -2.04. The highest BCUT2D eigenvalue weighted by molar-refractivity contribution is 9.11. The van der Waals surface area contributed by atoms with Gasteiger partial charge < -0.3 is 10.4 Å². The molecule has 0 spiro atoms. The van der Waals surface area contributed by atoms with Crippen LogP contribution in [0.1, 0.15) is 11.1 Å². The first-order chi connectivity index (χ1) is 9.97. The lowest BCUT2D eigenvalue weighted by Crippen LogP contribution is -2.03. The number of carbonyl (C=O) groups excluding carboxylic acids is 1. The molecule has 2 N–H and O–H groups in total. The molecule has 1 heterocycles. The summed E-state index contributed by atoms with van der Waals surface area (Å²) in [7, 11) is 0. The van der Waals surface area contributed by atoms with Gasteiger partial charge in [-0.1, -0.05) is 12.1 Å². The molecule has 6 heteroatoms. The lowest BCUT2D eigenvalue weighted by atomic mass is 10.0. The maximum absolute atomic E-state index is 12.2. The maximum Gasteiger partial charge on any atom is 0.256 e. The third kappa shape index (κ3) is 2.67. The Bertz CT molecular complexity index is 776. The highest BCUT2D eigenvalue weighted by Gasteiger charge is 2.25. The number of hydrogen-bond acceptors (Lipinski definition) is 2. The van der Waals surface area contributed by atoms with E-state index in [-0.39, 0.29) is 11.7 Å². The van der Waals surface area contributed by atoms with Gasteiger partial charge in [0.1, 0.15) is 5.75 Å². The van der Waals surface area contributed by atoms with Gasteiger partial charge in [-0.2, -0.15) is 0 Å². The Morgan fingerprint density at radius 2 is 1.71 bits per heavy atom. The number of anilines is 1. The first-order valence-electron chi connectivity index (χ1n) is 5.97. The number of phenolic OH excluding ortho intramolecular Hbond substituents is 1. The van der Waals surface area contributed by atoms with E-state index in [1.807, 2.05) is 18.2 Å². The molecule has 0 radical (unpaired) electrons. The fourth-order valence-electron chi connectivity index (χ4n) is 2.16. The van der Waals surface area contributed by atoms with E-state index in [4.69, 9.17) is 0 Å². The van der Waals surface area contributed by atoms with Gasteiger partial charge in [0.15, 0.2) is 0 Å². The third-order valence-corrected chi connectivity index (χ3v) is 5.01. The molecule has 106 valence electrons. The summed E-state index contributed by atoms with van der Waals surface area (Å²) in [6.45, 7) is 0. The summed E-state index contributed by atoms with van der Waals surface area (Å²) in [5.41, 5.74) is 3.04. The Labute approximate surface area is 146 Å². The summed E-state index contributed by atoms with van der Waals surface area (Å²) in [5, 5.41) is 12.6. The van der Waals surface area contributed by atoms with Gasteiger partial charge in [-0.15, -0.1) is 0 Å². The number of carbonyl (C=O) groups is 1. The van der Waals surface area contributed by atoms with Crippen LogP contribution in [0.5, 0.6) is 5.75 Å². The van der Waals surface area contributed by atoms with Gasteiger partial charge in [-0.3, -0.25) is 4.79 Å². The average Bonchev–Trinajstić information content (AvgIpc) is 2.75. The molecule has 1 aliphatic rings. The van der Waals surface area contributed by atoms with Crippen molar-refractivity contribution < 1.29 is 9.90 Å². The second kappa shape index (κ2) is 5.59. The van der Waals surface area contributed by atoms with E-state index in [1.165, 1.54) is 0 Å². The van der Waals surface area contributed by atoms with E-state index in [2.05, 4.69) is 53.1 Å². The van der Waals surface area contributed by atoms with E-state index in [1.54, 1.807) is 18.2 Å². The maximum atomic E-state index is 12.2. The number of hydrogen-bond donors (Lipinski definition) is 2. The number of halogens is 3. The van der Waals surface area contributed by atoms with Crippen molar-refractivity contribution in [3.8, 4) is 5.75 Å². The largest absolute Gasteiger partial charge is 0.506 e. The average molecular weight is 474 g/mol. The predicted octanol–water partition coefficient (Wildman–Crippen LogP) is 5.17. The molecule has 21 heavy (non-hydrogen) atoms. The second-order valence-electron chi connectivity index (χ2n) is 4.51. The minimum Gasteiger partial charge on any atom is -0.506 e. The molecule has 0 bridgehead atoms. The van der Waals surface area contributed by atoms with Crippen LogP contribution in [-0.4, -0.2) is 11.0 Å². The van der Waals surface area contributed by atoms with E-state index in [0.717, 1.165) is 21.3 Å². The van der Waals surface area contributed by atoms with Crippen molar-refractivity contribution >= 4 is 71.0 Å². The molecule has 2 aromatic carbocycles. The summed E-state index contributed by atoms with van der Waals surface area (Å²) >= 11 is 10.0. The fraction of sp³-hybridized carbons (Fsp3) is 0. The van der Waals surface area contributed by atoms with Crippen molar-refractivity contribution in [1.82, 2.24) is 0 Å². The Kier molecular flexibility index (Phi) is 3.94. The van der Waals surface area contributed by atoms with Crippen LogP contribution in [0.2, 0.25) is 0 Å². The minimum absolute atomic E-state index is 0.135. The van der Waals surface area contributed by atoms with Crippen LogP contribution in [0.25, 0.3) is 11.6 Å². The number of benzene rings is 2. The topological polar surface area (TPSA) is 49.3 Å². The summed E-state index contributed by atoms with van der Waals surface area (Å²) in [5.74, 6) is -0.00612. The van der Waals surface area contributed by atoms with Crippen molar-refractivity contribution in [1.29, 1.82) is 0 Å². The Hall–Kier alpha value is -1.11. The van der Waals surface area contributed by atoms with Gasteiger partial charge in [-0.25, -0.2) is 0 Å². The summed E-state index contributed by atoms with van der Waals surface area (Å²) in [4.78, 5) is 12.2. The van der Waals surface area contributed by atoms with Gasteiger partial charge in [-0.05, 0) is 77.6 Å². The van der Waals surface area contributed by atoms with Crippen LogP contribution in [0.4, 0.5) is 5.69 Å². The first-order valence-corrected chi connectivity index (χ1v) is 8.35. The molecule has 2 aromatic rings. The van der Waals surface area contributed by atoms with E-state index >= 15 is 0 Å². The summed E-state index contributed by atoms with van der Waals surface area (Å²) in [6.07, 6.45) is 1.79. The van der Waals surface area contributed by atoms with Crippen molar-refractivity contribution in [3.05, 3.63) is 54.9 Å². The number of nitrogens with one attached hydrogen (secondary N) is 1. The van der Waals surface area contributed by atoms with E-state index < -0.39 is 0 Å². The highest BCUT2D eigenvalue weighted by Crippen LogP contribution is 2.39. The van der Waals surface area contributed by atoms with Crippen molar-refractivity contribution in [2.45, 2.75) is 0 Å². The van der Waals surface area contributed by atoms with Crippen molar-refractivity contribution in [3.63, 3.8) is 0 Å². The number of fused-ring (bicyclic) bond motifs is 1. The molecule has 0 atom stereocenters. The van der Waals surface area contributed by atoms with Crippen LogP contribution >= 0.6 is 47.8 Å². The van der Waals surface area contributed by atoms with Gasteiger partial charge >= 0.3 is 0 Å². The van der Waals surface area contributed by atoms with Crippen molar-refractivity contribution in [2.75, 3.05) is 5.32 Å². The van der Waals surface area contributed by atoms with Crippen LogP contribution in [0.3, 0.4) is 0 Å². The molecule has 0 fully saturated rings. The number of amides is 1. The van der Waals surface area contributed by atoms with Gasteiger partial charge in [0, 0.05) is 15.6 Å². The van der Waals surface area contributed by atoms with Gasteiger partial charge in [0.2, 0.25) is 0 Å². The minimum atomic E-state index is -0.141. The summed E-state index contributed by atoms with van der Waals surface area (Å²) in [6, 6.07) is 9.19. The van der Waals surface area contributed by atoms with Crippen LogP contribution in [-0.2, 0) is 4.79 Å². The lowest BCUT2D eigenvalue weighted by molar-refractivity contribution is -0.110. The standard InChI is InChI=1S/C15H8Br3NO2/c16-10-3-1-2-8-9(15(21)19-13(8)10)4-7-5-11(17)14(20)12(18)6-7/h1-6,20H,(H,19,21). The molecule has 1 aliphatic heterocycles. The van der Waals surface area contributed by atoms with E-state index in [0.29, 0.717) is 14.5 Å².